The van der Waals surface area contributed by atoms with Gasteiger partial charge in [0, 0.05) is 37.9 Å². The quantitative estimate of drug-likeness (QED) is 0.763. The van der Waals surface area contributed by atoms with E-state index in [1.807, 2.05) is 12.3 Å². The highest BCUT2D eigenvalue weighted by Gasteiger charge is 2.51. The molecule has 5 heteroatoms. The number of pyridine rings is 1. The van der Waals surface area contributed by atoms with Crippen molar-refractivity contribution in [1.82, 2.24) is 14.5 Å². The highest BCUT2D eigenvalue weighted by Crippen LogP contribution is 2.47. The van der Waals surface area contributed by atoms with E-state index in [2.05, 4.69) is 57.2 Å². The fourth-order valence-electron chi connectivity index (χ4n) is 5.45. The Bertz CT molecular complexity index is 926. The fourth-order valence-corrected chi connectivity index (χ4v) is 5.45. The summed E-state index contributed by atoms with van der Waals surface area (Å²) in [5.41, 5.74) is 3.27. The molecule has 1 saturated heterocycles. The first-order valence-corrected chi connectivity index (χ1v) is 10.4. The van der Waals surface area contributed by atoms with E-state index >= 15 is 0 Å². The Morgan fingerprint density at radius 3 is 2.89 bits per heavy atom. The molecule has 2 aromatic rings. The fraction of sp³-hybridized carbons (Fsp3) is 0.478. The Kier molecular flexibility index (Phi) is 4.07. The minimum atomic E-state index is -0.216. The third-order valence-corrected chi connectivity index (χ3v) is 6.72. The molecule has 0 radical (unpaired) electrons. The van der Waals surface area contributed by atoms with Crippen molar-refractivity contribution in [2.24, 2.45) is 5.92 Å². The van der Waals surface area contributed by atoms with Gasteiger partial charge < -0.3 is 14.4 Å². The molecule has 2 aromatic heterocycles. The van der Waals surface area contributed by atoms with Gasteiger partial charge in [-0.2, -0.15) is 0 Å². The lowest BCUT2D eigenvalue weighted by Gasteiger charge is -2.47. The molecule has 0 aromatic carbocycles. The summed E-state index contributed by atoms with van der Waals surface area (Å²) in [6.07, 6.45) is 9.39. The molecule has 5 rings (SSSR count). The number of carbonyl (C=O) groups is 1. The molecule has 0 bridgehead atoms. The van der Waals surface area contributed by atoms with Crippen molar-refractivity contribution >= 4 is 11.6 Å². The molecule has 4 heterocycles. The number of nitrogens with zero attached hydrogens (tertiary/aromatic N) is 4. The van der Waals surface area contributed by atoms with Crippen LogP contribution in [0.1, 0.15) is 44.7 Å². The zero-order valence-electron chi connectivity index (χ0n) is 16.6. The number of hydrogen-bond donors (Lipinski definition) is 0. The lowest BCUT2D eigenvalue weighted by Crippen LogP contribution is -2.53. The zero-order chi connectivity index (χ0) is 19.3. The smallest absolute Gasteiger partial charge is 0.225 e. The molecule has 1 atom stereocenters. The molecule has 0 N–H and O–H groups in total. The molecule has 28 heavy (non-hydrogen) atoms. The van der Waals surface area contributed by atoms with E-state index in [0.29, 0.717) is 5.91 Å². The monoisotopic (exact) mass is 376 g/mol. The van der Waals surface area contributed by atoms with Crippen molar-refractivity contribution in [2.75, 3.05) is 24.5 Å². The Hall–Kier alpha value is -2.56. The lowest BCUT2D eigenvalue weighted by atomic mass is 9.88. The predicted octanol–water partition coefficient (Wildman–Crippen LogP) is 3.89. The number of likely N-dealkylation sites (tertiary alicyclic amines) is 1. The number of amides is 1. The van der Waals surface area contributed by atoms with E-state index in [9.17, 15) is 4.79 Å². The van der Waals surface area contributed by atoms with E-state index in [1.54, 1.807) is 0 Å². The SMILES string of the molecule is C=C(C)CN1c2cccnc2-n2cccc2[C@]12CCN(C(=O)C1CCCC1)C2. The predicted molar refractivity (Wildman–Crippen MR) is 111 cm³/mol. The van der Waals surface area contributed by atoms with Crippen LogP contribution in [0.5, 0.6) is 0 Å². The first-order chi connectivity index (χ1) is 13.6. The van der Waals surface area contributed by atoms with E-state index in [-0.39, 0.29) is 11.5 Å². The molecular formula is C23H28N4O. The summed E-state index contributed by atoms with van der Waals surface area (Å²) < 4.78 is 2.22. The molecule has 0 unspecified atom stereocenters. The Morgan fingerprint density at radius 2 is 2.11 bits per heavy atom. The standard InChI is InChI=1S/C23H28N4O/c1-17(2)15-27-19-9-5-12-24-21(19)26-13-6-10-20(26)23(27)11-14-25(16-23)22(28)18-7-3-4-8-18/h5-6,9-10,12-13,18H,1,3-4,7-8,11,14-16H2,2H3/t23-/m1/s1. The summed E-state index contributed by atoms with van der Waals surface area (Å²) in [6, 6.07) is 8.45. The summed E-state index contributed by atoms with van der Waals surface area (Å²) in [5, 5.41) is 0. The van der Waals surface area contributed by atoms with Crippen LogP contribution < -0.4 is 4.90 Å². The van der Waals surface area contributed by atoms with Crippen LogP contribution in [0.3, 0.4) is 0 Å². The van der Waals surface area contributed by atoms with Crippen LogP contribution in [0.2, 0.25) is 0 Å². The largest absolute Gasteiger partial charge is 0.351 e. The number of hydrogen-bond acceptors (Lipinski definition) is 3. The maximum atomic E-state index is 13.2. The van der Waals surface area contributed by atoms with E-state index in [0.717, 1.165) is 56.0 Å². The van der Waals surface area contributed by atoms with Crippen molar-refractivity contribution in [3.05, 3.63) is 54.5 Å². The number of rotatable bonds is 3. The summed E-state index contributed by atoms with van der Waals surface area (Å²) in [6.45, 7) is 8.60. The Labute approximate surface area is 166 Å². The third-order valence-electron chi connectivity index (χ3n) is 6.72. The highest BCUT2D eigenvalue weighted by molar-refractivity contribution is 5.80. The minimum Gasteiger partial charge on any atom is -0.351 e. The minimum absolute atomic E-state index is 0.216. The average Bonchev–Trinajstić information content (AvgIpc) is 3.45. The van der Waals surface area contributed by atoms with Crippen LogP contribution in [-0.2, 0) is 10.3 Å². The zero-order valence-corrected chi connectivity index (χ0v) is 16.6. The highest BCUT2D eigenvalue weighted by atomic mass is 16.2. The molecule has 146 valence electrons. The molecule has 5 nitrogen and oxygen atoms in total. The normalized spacial score (nSPS) is 23.9. The van der Waals surface area contributed by atoms with Gasteiger partial charge in [0.2, 0.25) is 5.91 Å². The number of anilines is 1. The van der Waals surface area contributed by atoms with E-state index < -0.39 is 0 Å². The third kappa shape index (κ3) is 2.52. The van der Waals surface area contributed by atoms with Gasteiger partial charge in [-0.1, -0.05) is 25.0 Å². The topological polar surface area (TPSA) is 41.4 Å². The maximum absolute atomic E-state index is 13.2. The van der Waals surface area contributed by atoms with Crippen molar-refractivity contribution in [3.8, 4) is 5.82 Å². The number of fused-ring (bicyclic) bond motifs is 4. The van der Waals surface area contributed by atoms with Gasteiger partial charge in [0.1, 0.15) is 5.54 Å². The second-order valence-corrected chi connectivity index (χ2v) is 8.68. The van der Waals surface area contributed by atoms with Crippen LogP contribution in [0.4, 0.5) is 5.69 Å². The second-order valence-electron chi connectivity index (χ2n) is 8.68. The van der Waals surface area contributed by atoms with Crippen LogP contribution in [-0.4, -0.2) is 40.0 Å². The van der Waals surface area contributed by atoms with Crippen molar-refractivity contribution < 1.29 is 4.79 Å². The van der Waals surface area contributed by atoms with Gasteiger partial charge >= 0.3 is 0 Å². The van der Waals surface area contributed by atoms with Crippen molar-refractivity contribution in [1.29, 1.82) is 0 Å². The first-order valence-electron chi connectivity index (χ1n) is 10.4. The molecule has 2 aliphatic heterocycles. The Balaban J connectivity index is 1.57. The van der Waals surface area contributed by atoms with Crippen LogP contribution in [0.15, 0.2) is 48.8 Å². The first kappa shape index (κ1) is 17.5. The van der Waals surface area contributed by atoms with Crippen molar-refractivity contribution in [2.45, 2.75) is 44.6 Å². The van der Waals surface area contributed by atoms with Gasteiger partial charge in [-0.15, -0.1) is 0 Å². The van der Waals surface area contributed by atoms with Gasteiger partial charge in [-0.3, -0.25) is 4.79 Å². The summed E-state index contributed by atoms with van der Waals surface area (Å²) in [7, 11) is 0. The summed E-state index contributed by atoms with van der Waals surface area (Å²) in [5.74, 6) is 1.56. The molecular weight excluding hydrogens is 348 g/mol. The second kappa shape index (κ2) is 6.50. The molecule has 3 aliphatic rings. The van der Waals surface area contributed by atoms with Gasteiger partial charge in [-0.25, -0.2) is 4.98 Å². The molecule has 1 spiro atoms. The van der Waals surface area contributed by atoms with Gasteiger partial charge in [0.05, 0.1) is 11.4 Å². The molecule has 2 fully saturated rings. The van der Waals surface area contributed by atoms with Crippen LogP contribution in [0, 0.1) is 5.92 Å². The van der Waals surface area contributed by atoms with Crippen molar-refractivity contribution in [3.63, 3.8) is 0 Å². The van der Waals surface area contributed by atoms with Gasteiger partial charge in [0.15, 0.2) is 5.82 Å². The molecule has 1 amide bonds. The van der Waals surface area contributed by atoms with E-state index in [1.165, 1.54) is 18.5 Å². The summed E-state index contributed by atoms with van der Waals surface area (Å²) >= 11 is 0. The molecule has 1 aliphatic carbocycles. The lowest BCUT2D eigenvalue weighted by molar-refractivity contribution is -0.134. The summed E-state index contributed by atoms with van der Waals surface area (Å²) in [4.78, 5) is 22.4. The van der Waals surface area contributed by atoms with E-state index in [4.69, 9.17) is 0 Å². The molecule has 1 saturated carbocycles. The van der Waals surface area contributed by atoms with Gasteiger partial charge in [0.25, 0.3) is 0 Å². The van der Waals surface area contributed by atoms with Crippen LogP contribution in [0.25, 0.3) is 5.82 Å². The maximum Gasteiger partial charge on any atom is 0.225 e. The average molecular weight is 377 g/mol. The van der Waals surface area contributed by atoms with Gasteiger partial charge in [-0.05, 0) is 50.5 Å². The Morgan fingerprint density at radius 1 is 1.29 bits per heavy atom. The number of carbonyl (C=O) groups excluding carboxylic acids is 1. The van der Waals surface area contributed by atoms with Crippen LogP contribution >= 0.6 is 0 Å². The number of aromatic nitrogens is 2.